The van der Waals surface area contributed by atoms with Crippen molar-refractivity contribution in [3.05, 3.63) is 23.8 Å². The van der Waals surface area contributed by atoms with Gasteiger partial charge in [0.1, 0.15) is 0 Å². The van der Waals surface area contributed by atoms with Crippen molar-refractivity contribution < 1.29 is 13.2 Å². The molecule has 0 spiro atoms. The monoisotopic (exact) mass is 271 g/mol. The summed E-state index contributed by atoms with van der Waals surface area (Å²) in [5.74, 6) is -0.230. The molecular formula is C11H17N3O3S. The number of aryl methyl sites for hydroxylation is 1. The summed E-state index contributed by atoms with van der Waals surface area (Å²) in [5.41, 5.74) is 1.22. The Labute approximate surface area is 107 Å². The van der Waals surface area contributed by atoms with Crippen LogP contribution in [0.2, 0.25) is 0 Å². The van der Waals surface area contributed by atoms with Gasteiger partial charge in [0.25, 0.3) is 0 Å². The Balaban J connectivity index is 2.92. The predicted octanol–water partition coefficient (Wildman–Crippen LogP) is 0.190. The van der Waals surface area contributed by atoms with E-state index >= 15 is 0 Å². The summed E-state index contributed by atoms with van der Waals surface area (Å²) in [7, 11) is -3.76. The first-order chi connectivity index (χ1) is 8.34. The van der Waals surface area contributed by atoms with E-state index < -0.39 is 10.0 Å². The number of amides is 1. The van der Waals surface area contributed by atoms with Crippen molar-refractivity contribution >= 4 is 21.6 Å². The number of hydrogen-bond acceptors (Lipinski definition) is 4. The second-order valence-electron chi connectivity index (χ2n) is 3.85. The highest BCUT2D eigenvalue weighted by molar-refractivity contribution is 7.89. The number of rotatable bonds is 5. The zero-order chi connectivity index (χ0) is 13.8. The number of nitrogens with two attached hydrogens (primary N) is 1. The molecule has 1 aromatic carbocycles. The van der Waals surface area contributed by atoms with E-state index in [1.165, 1.54) is 12.1 Å². The van der Waals surface area contributed by atoms with Gasteiger partial charge >= 0.3 is 0 Å². The van der Waals surface area contributed by atoms with Gasteiger partial charge in [0.05, 0.1) is 11.4 Å². The van der Waals surface area contributed by atoms with Gasteiger partial charge in [0, 0.05) is 5.69 Å². The normalized spacial score (nSPS) is 11.3. The summed E-state index contributed by atoms with van der Waals surface area (Å²) in [6, 6.07) is 4.36. The summed E-state index contributed by atoms with van der Waals surface area (Å²) in [5, 5.41) is 10.5. The summed E-state index contributed by atoms with van der Waals surface area (Å²) in [6.07, 6.45) is 0. The van der Waals surface area contributed by atoms with Crippen LogP contribution >= 0.6 is 0 Å². The fourth-order valence-corrected chi connectivity index (χ4v) is 1.89. The lowest BCUT2D eigenvalue weighted by atomic mass is 10.2. The largest absolute Gasteiger partial charge is 0.325 e. The molecule has 100 valence electrons. The molecule has 1 rings (SSSR count). The minimum atomic E-state index is -3.76. The molecule has 0 atom stereocenters. The van der Waals surface area contributed by atoms with Gasteiger partial charge in [-0.15, -0.1) is 0 Å². The summed E-state index contributed by atoms with van der Waals surface area (Å²) >= 11 is 0. The zero-order valence-electron chi connectivity index (χ0n) is 10.4. The molecule has 6 nitrogen and oxygen atoms in total. The number of nitrogens with one attached hydrogen (secondary N) is 2. The minimum absolute atomic E-state index is 0.0214. The number of likely N-dealkylation sites (N-methyl/N-ethyl adjacent to an activating group) is 1. The smallest absolute Gasteiger partial charge is 0.238 e. The summed E-state index contributed by atoms with van der Waals surface area (Å²) in [4.78, 5) is 11.5. The standard InChI is InChI=1S/C11H17N3O3S/c1-3-13-7-11(15)14-10-6-9(18(12,16)17)5-4-8(10)2/h4-6,13H,3,7H2,1-2H3,(H,14,15)(H2,12,16,17). The molecule has 7 heteroatoms. The summed E-state index contributed by atoms with van der Waals surface area (Å²) < 4.78 is 22.4. The fraction of sp³-hybridized carbons (Fsp3) is 0.364. The van der Waals surface area contributed by atoms with Crippen LogP contribution in [0.3, 0.4) is 0 Å². The van der Waals surface area contributed by atoms with Crippen LogP contribution in [0.5, 0.6) is 0 Å². The van der Waals surface area contributed by atoms with Gasteiger partial charge < -0.3 is 10.6 Å². The van der Waals surface area contributed by atoms with E-state index in [1.54, 1.807) is 13.0 Å². The fourth-order valence-electron chi connectivity index (χ4n) is 1.35. The second-order valence-corrected chi connectivity index (χ2v) is 5.41. The molecule has 0 saturated carbocycles. The number of primary sulfonamides is 1. The number of hydrogen-bond donors (Lipinski definition) is 3. The van der Waals surface area contributed by atoms with Crippen LogP contribution in [0.1, 0.15) is 12.5 Å². The average molecular weight is 271 g/mol. The first-order valence-corrected chi connectivity index (χ1v) is 7.03. The number of sulfonamides is 1. The Morgan fingerprint density at radius 2 is 2.06 bits per heavy atom. The maximum absolute atomic E-state index is 11.5. The molecule has 0 aliphatic carbocycles. The van der Waals surface area contributed by atoms with Crippen LogP contribution in [-0.2, 0) is 14.8 Å². The Kier molecular flexibility index (Phi) is 4.83. The lowest BCUT2D eigenvalue weighted by Gasteiger charge is -2.10. The van der Waals surface area contributed by atoms with E-state index in [0.717, 1.165) is 5.56 Å². The van der Waals surface area contributed by atoms with Gasteiger partial charge in [-0.2, -0.15) is 0 Å². The molecule has 1 aromatic rings. The quantitative estimate of drug-likeness (QED) is 0.711. The molecular weight excluding hydrogens is 254 g/mol. The van der Waals surface area contributed by atoms with Gasteiger partial charge in [-0.25, -0.2) is 13.6 Å². The zero-order valence-corrected chi connectivity index (χ0v) is 11.2. The molecule has 0 fully saturated rings. The molecule has 0 aliphatic heterocycles. The molecule has 0 radical (unpaired) electrons. The third kappa shape index (κ3) is 4.10. The second kappa shape index (κ2) is 5.94. The van der Waals surface area contributed by atoms with Crippen molar-refractivity contribution in [2.24, 2.45) is 5.14 Å². The van der Waals surface area contributed by atoms with Crippen molar-refractivity contribution in [2.45, 2.75) is 18.7 Å². The number of anilines is 1. The molecule has 18 heavy (non-hydrogen) atoms. The molecule has 0 saturated heterocycles. The molecule has 0 heterocycles. The van der Waals surface area contributed by atoms with E-state index in [4.69, 9.17) is 5.14 Å². The van der Waals surface area contributed by atoms with Crippen LogP contribution in [0.25, 0.3) is 0 Å². The van der Waals surface area contributed by atoms with Crippen molar-refractivity contribution in [1.29, 1.82) is 0 Å². The molecule has 1 amide bonds. The van der Waals surface area contributed by atoms with Crippen molar-refractivity contribution in [3.63, 3.8) is 0 Å². The van der Waals surface area contributed by atoms with E-state index in [0.29, 0.717) is 12.2 Å². The highest BCUT2D eigenvalue weighted by Gasteiger charge is 2.11. The Bertz CT molecular complexity index is 540. The first kappa shape index (κ1) is 14.6. The van der Waals surface area contributed by atoms with E-state index in [1.807, 2.05) is 6.92 Å². The third-order valence-electron chi connectivity index (χ3n) is 2.35. The maximum atomic E-state index is 11.5. The minimum Gasteiger partial charge on any atom is -0.325 e. The van der Waals surface area contributed by atoms with E-state index in [9.17, 15) is 13.2 Å². The molecule has 0 unspecified atom stereocenters. The predicted molar refractivity (Wildman–Crippen MR) is 69.7 cm³/mol. The number of benzene rings is 1. The topological polar surface area (TPSA) is 101 Å². The lowest BCUT2D eigenvalue weighted by Crippen LogP contribution is -2.28. The van der Waals surface area contributed by atoms with E-state index in [2.05, 4.69) is 10.6 Å². The molecule has 0 aliphatic rings. The Hall–Kier alpha value is -1.44. The van der Waals surface area contributed by atoms with Gasteiger partial charge in [0.2, 0.25) is 15.9 Å². The van der Waals surface area contributed by atoms with Crippen LogP contribution in [0.4, 0.5) is 5.69 Å². The van der Waals surface area contributed by atoms with Gasteiger partial charge in [-0.1, -0.05) is 13.0 Å². The number of carbonyl (C=O) groups excluding carboxylic acids is 1. The first-order valence-electron chi connectivity index (χ1n) is 5.48. The number of carbonyl (C=O) groups is 1. The summed E-state index contributed by atoms with van der Waals surface area (Å²) in [6.45, 7) is 4.52. The highest BCUT2D eigenvalue weighted by Crippen LogP contribution is 2.19. The van der Waals surface area contributed by atoms with Gasteiger partial charge in [0.15, 0.2) is 0 Å². The van der Waals surface area contributed by atoms with E-state index in [-0.39, 0.29) is 17.3 Å². The highest BCUT2D eigenvalue weighted by atomic mass is 32.2. The van der Waals surface area contributed by atoms with Crippen LogP contribution in [0, 0.1) is 6.92 Å². The lowest BCUT2D eigenvalue weighted by molar-refractivity contribution is -0.115. The molecule has 0 aromatic heterocycles. The van der Waals surface area contributed by atoms with Crippen LogP contribution in [0.15, 0.2) is 23.1 Å². The van der Waals surface area contributed by atoms with Gasteiger partial charge in [-0.3, -0.25) is 4.79 Å². The molecule has 4 N–H and O–H groups in total. The maximum Gasteiger partial charge on any atom is 0.238 e. The Morgan fingerprint density at radius 1 is 1.39 bits per heavy atom. The average Bonchev–Trinajstić information content (AvgIpc) is 2.28. The molecule has 0 bridgehead atoms. The van der Waals surface area contributed by atoms with Crippen LogP contribution < -0.4 is 15.8 Å². The third-order valence-corrected chi connectivity index (χ3v) is 3.26. The van der Waals surface area contributed by atoms with Crippen LogP contribution in [-0.4, -0.2) is 27.4 Å². The Morgan fingerprint density at radius 3 is 2.61 bits per heavy atom. The van der Waals surface area contributed by atoms with Crippen molar-refractivity contribution in [1.82, 2.24) is 5.32 Å². The van der Waals surface area contributed by atoms with Crippen molar-refractivity contribution in [2.75, 3.05) is 18.4 Å². The van der Waals surface area contributed by atoms with Gasteiger partial charge in [-0.05, 0) is 31.2 Å². The SMILES string of the molecule is CCNCC(=O)Nc1cc(S(N)(=O)=O)ccc1C. The van der Waals surface area contributed by atoms with Crippen molar-refractivity contribution in [3.8, 4) is 0 Å².